The summed E-state index contributed by atoms with van der Waals surface area (Å²) in [6, 6.07) is 13.2. The van der Waals surface area contributed by atoms with Crippen LogP contribution in [0.5, 0.6) is 5.75 Å². The maximum atomic E-state index is 6.12. The van der Waals surface area contributed by atoms with Crippen LogP contribution in [0.2, 0.25) is 5.02 Å². The lowest BCUT2D eigenvalue weighted by Crippen LogP contribution is -1.96. The molecule has 0 unspecified atom stereocenters. The van der Waals surface area contributed by atoms with Crippen molar-refractivity contribution in [3.05, 3.63) is 58.6 Å². The summed E-state index contributed by atoms with van der Waals surface area (Å²) < 4.78 is 5.63. The third-order valence-electron chi connectivity index (χ3n) is 2.48. The summed E-state index contributed by atoms with van der Waals surface area (Å²) in [5, 5.41) is 0.737. The van der Waals surface area contributed by atoms with E-state index in [0.29, 0.717) is 6.61 Å². The van der Waals surface area contributed by atoms with Crippen molar-refractivity contribution in [1.82, 2.24) is 0 Å². The molecule has 2 aromatic rings. The van der Waals surface area contributed by atoms with Crippen LogP contribution in [0, 0.1) is 6.92 Å². The summed E-state index contributed by atoms with van der Waals surface area (Å²) in [6.07, 6.45) is 0. The van der Waals surface area contributed by atoms with Gasteiger partial charge >= 0.3 is 0 Å². The Morgan fingerprint density at radius 1 is 1.12 bits per heavy atom. The molecule has 0 spiro atoms. The molecule has 3 heteroatoms. The number of rotatable bonds is 3. The van der Waals surface area contributed by atoms with Crippen LogP contribution < -0.4 is 10.5 Å². The SMILES string of the molecule is Cc1ccc(COc2ccc(N)cc2)c(Cl)c1. The normalized spacial score (nSPS) is 10.2. The predicted octanol–water partition coefficient (Wildman–Crippen LogP) is 3.81. The minimum absolute atomic E-state index is 0.461. The number of anilines is 1. The molecule has 0 fully saturated rings. The third kappa shape index (κ3) is 3.14. The average Bonchev–Trinajstić information content (AvgIpc) is 2.30. The molecule has 2 nitrogen and oxygen atoms in total. The van der Waals surface area contributed by atoms with Gasteiger partial charge in [-0.1, -0.05) is 23.7 Å². The molecule has 0 bridgehead atoms. The quantitative estimate of drug-likeness (QED) is 0.837. The fourth-order valence-electron chi connectivity index (χ4n) is 1.49. The first-order valence-electron chi connectivity index (χ1n) is 5.38. The second kappa shape index (κ2) is 5.11. The Morgan fingerprint density at radius 2 is 1.82 bits per heavy atom. The maximum absolute atomic E-state index is 6.12. The molecule has 0 aliphatic rings. The van der Waals surface area contributed by atoms with E-state index in [1.54, 1.807) is 0 Å². The highest BCUT2D eigenvalue weighted by Crippen LogP contribution is 2.20. The van der Waals surface area contributed by atoms with Crippen LogP contribution >= 0.6 is 11.6 Å². The first-order valence-corrected chi connectivity index (χ1v) is 5.76. The van der Waals surface area contributed by atoms with Crippen LogP contribution in [0.25, 0.3) is 0 Å². The van der Waals surface area contributed by atoms with Crippen LogP contribution in [0.3, 0.4) is 0 Å². The third-order valence-corrected chi connectivity index (χ3v) is 2.83. The van der Waals surface area contributed by atoms with Crippen molar-refractivity contribution < 1.29 is 4.74 Å². The maximum Gasteiger partial charge on any atom is 0.119 e. The first kappa shape index (κ1) is 11.8. The highest BCUT2D eigenvalue weighted by molar-refractivity contribution is 6.31. The summed E-state index contributed by atoms with van der Waals surface area (Å²) in [7, 11) is 0. The molecule has 0 radical (unpaired) electrons. The van der Waals surface area contributed by atoms with Crippen molar-refractivity contribution >= 4 is 17.3 Å². The van der Waals surface area contributed by atoms with Crippen molar-refractivity contribution in [1.29, 1.82) is 0 Å². The summed E-state index contributed by atoms with van der Waals surface area (Å²) in [5.41, 5.74) is 8.45. The molecule has 0 amide bonds. The minimum Gasteiger partial charge on any atom is -0.489 e. The van der Waals surface area contributed by atoms with Gasteiger partial charge in [0.05, 0.1) is 0 Å². The van der Waals surface area contributed by atoms with Gasteiger partial charge in [-0.2, -0.15) is 0 Å². The van der Waals surface area contributed by atoms with Crippen LogP contribution in [0.1, 0.15) is 11.1 Å². The smallest absolute Gasteiger partial charge is 0.119 e. The van der Waals surface area contributed by atoms with E-state index in [-0.39, 0.29) is 0 Å². The Labute approximate surface area is 106 Å². The largest absolute Gasteiger partial charge is 0.489 e. The standard InChI is InChI=1S/C14H14ClNO/c1-10-2-3-11(14(15)8-10)9-17-13-6-4-12(16)5-7-13/h2-8H,9,16H2,1H3. The summed E-state index contributed by atoms with van der Waals surface area (Å²) in [4.78, 5) is 0. The molecule has 0 aliphatic carbocycles. The van der Waals surface area contributed by atoms with Crippen LogP contribution in [0.4, 0.5) is 5.69 Å². The van der Waals surface area contributed by atoms with Gasteiger partial charge < -0.3 is 10.5 Å². The zero-order valence-corrected chi connectivity index (χ0v) is 10.4. The Kier molecular flexibility index (Phi) is 3.55. The zero-order chi connectivity index (χ0) is 12.3. The van der Waals surface area contributed by atoms with Gasteiger partial charge in [0.1, 0.15) is 12.4 Å². The number of nitrogen functional groups attached to an aromatic ring is 1. The molecule has 0 atom stereocenters. The first-order chi connectivity index (χ1) is 8.15. The van der Waals surface area contributed by atoms with E-state index in [1.807, 2.05) is 49.4 Å². The molecular formula is C14H14ClNO. The van der Waals surface area contributed by atoms with Crippen molar-refractivity contribution in [2.45, 2.75) is 13.5 Å². The van der Waals surface area contributed by atoms with E-state index in [0.717, 1.165) is 27.6 Å². The number of ether oxygens (including phenoxy) is 1. The number of benzene rings is 2. The van der Waals surface area contributed by atoms with Crippen molar-refractivity contribution in [2.24, 2.45) is 0 Å². The second-order valence-corrected chi connectivity index (χ2v) is 4.36. The fraction of sp³-hybridized carbons (Fsp3) is 0.143. The molecule has 2 aromatic carbocycles. The second-order valence-electron chi connectivity index (χ2n) is 3.95. The molecule has 0 heterocycles. The molecule has 88 valence electrons. The zero-order valence-electron chi connectivity index (χ0n) is 9.61. The predicted molar refractivity (Wildman–Crippen MR) is 71.4 cm³/mol. The topological polar surface area (TPSA) is 35.2 Å². The van der Waals surface area contributed by atoms with E-state index in [2.05, 4.69) is 0 Å². The molecule has 0 saturated carbocycles. The Morgan fingerprint density at radius 3 is 2.47 bits per heavy atom. The lowest BCUT2D eigenvalue weighted by molar-refractivity contribution is 0.306. The number of hydrogen-bond donors (Lipinski definition) is 1. The van der Waals surface area contributed by atoms with Gasteiger partial charge in [0.25, 0.3) is 0 Å². The summed E-state index contributed by atoms with van der Waals surface area (Å²) in [5.74, 6) is 0.788. The molecule has 0 aromatic heterocycles. The highest BCUT2D eigenvalue weighted by atomic mass is 35.5. The van der Waals surface area contributed by atoms with E-state index in [9.17, 15) is 0 Å². The minimum atomic E-state index is 0.461. The van der Waals surface area contributed by atoms with E-state index in [1.165, 1.54) is 0 Å². The Bertz CT molecular complexity index is 508. The average molecular weight is 248 g/mol. The van der Waals surface area contributed by atoms with Crippen molar-refractivity contribution in [2.75, 3.05) is 5.73 Å². The van der Waals surface area contributed by atoms with Gasteiger partial charge in [0.2, 0.25) is 0 Å². The molecule has 17 heavy (non-hydrogen) atoms. The number of halogens is 1. The highest BCUT2D eigenvalue weighted by Gasteiger charge is 2.01. The number of nitrogens with two attached hydrogens (primary N) is 1. The molecule has 2 rings (SSSR count). The van der Waals surface area contributed by atoms with E-state index in [4.69, 9.17) is 22.1 Å². The Hall–Kier alpha value is -1.67. The monoisotopic (exact) mass is 247 g/mol. The van der Waals surface area contributed by atoms with Crippen molar-refractivity contribution in [3.63, 3.8) is 0 Å². The van der Waals surface area contributed by atoms with Gasteiger partial charge in [0, 0.05) is 16.3 Å². The van der Waals surface area contributed by atoms with Crippen LogP contribution in [-0.4, -0.2) is 0 Å². The molecular weight excluding hydrogens is 234 g/mol. The summed E-state index contributed by atoms with van der Waals surface area (Å²) >= 11 is 6.12. The molecule has 0 saturated heterocycles. The molecule has 2 N–H and O–H groups in total. The van der Waals surface area contributed by atoms with Crippen LogP contribution in [-0.2, 0) is 6.61 Å². The lowest BCUT2D eigenvalue weighted by Gasteiger charge is -2.08. The van der Waals surface area contributed by atoms with Crippen LogP contribution in [0.15, 0.2) is 42.5 Å². The van der Waals surface area contributed by atoms with E-state index >= 15 is 0 Å². The number of aryl methyl sites for hydroxylation is 1. The Balaban J connectivity index is 2.04. The van der Waals surface area contributed by atoms with Gasteiger partial charge in [0.15, 0.2) is 0 Å². The van der Waals surface area contributed by atoms with Gasteiger partial charge in [-0.05, 0) is 42.8 Å². The fourth-order valence-corrected chi connectivity index (χ4v) is 1.78. The number of hydrogen-bond acceptors (Lipinski definition) is 2. The lowest BCUT2D eigenvalue weighted by atomic mass is 10.1. The van der Waals surface area contributed by atoms with Gasteiger partial charge in [-0.15, -0.1) is 0 Å². The van der Waals surface area contributed by atoms with Crippen molar-refractivity contribution in [3.8, 4) is 5.75 Å². The molecule has 0 aliphatic heterocycles. The van der Waals surface area contributed by atoms with Gasteiger partial charge in [-0.25, -0.2) is 0 Å². The van der Waals surface area contributed by atoms with Gasteiger partial charge in [-0.3, -0.25) is 0 Å². The van der Waals surface area contributed by atoms with E-state index < -0.39 is 0 Å². The summed E-state index contributed by atoms with van der Waals surface area (Å²) in [6.45, 7) is 2.47.